The van der Waals surface area contributed by atoms with E-state index in [2.05, 4.69) is 6.92 Å². The van der Waals surface area contributed by atoms with Gasteiger partial charge in [0.25, 0.3) is 0 Å². The first-order chi connectivity index (χ1) is 4.74. The van der Waals surface area contributed by atoms with Gasteiger partial charge in [0.15, 0.2) is 0 Å². The summed E-state index contributed by atoms with van der Waals surface area (Å²) < 4.78 is 18.0. The fraction of sp³-hybridized carbons (Fsp3) is 1.00. The molecule has 0 aromatic rings. The predicted molar refractivity (Wildman–Crippen MR) is 38.7 cm³/mol. The second kappa shape index (κ2) is 3.33. The van der Waals surface area contributed by atoms with Crippen LogP contribution in [0.4, 0.5) is 4.39 Å². The second-order valence-corrected chi connectivity index (χ2v) is 3.21. The Bertz CT molecular complexity index is 105. The first-order valence-corrected chi connectivity index (χ1v) is 3.91. The normalized spacial score (nSPS) is 41.7. The van der Waals surface area contributed by atoms with E-state index < -0.39 is 6.17 Å². The molecule has 1 saturated carbocycles. The molecule has 0 radical (unpaired) electrons. The fourth-order valence-corrected chi connectivity index (χ4v) is 1.55. The molecule has 0 saturated heterocycles. The van der Waals surface area contributed by atoms with E-state index in [0.717, 1.165) is 12.8 Å². The molecule has 1 rings (SSSR count). The highest BCUT2D eigenvalue weighted by Crippen LogP contribution is 2.27. The lowest BCUT2D eigenvalue weighted by atomic mass is 9.87. The number of hydrogen-bond donors (Lipinski definition) is 0. The monoisotopic (exact) mass is 146 g/mol. The molecule has 0 N–H and O–H groups in total. The molecule has 0 aliphatic heterocycles. The molecule has 1 aliphatic rings. The predicted octanol–water partition coefficient (Wildman–Crippen LogP) is 2.16. The second-order valence-electron chi connectivity index (χ2n) is 3.21. The van der Waals surface area contributed by atoms with Gasteiger partial charge in [0, 0.05) is 7.11 Å². The minimum Gasteiger partial charge on any atom is -0.378 e. The van der Waals surface area contributed by atoms with Crippen LogP contribution in [0.2, 0.25) is 0 Å². The molecule has 0 aromatic heterocycles. The summed E-state index contributed by atoms with van der Waals surface area (Å²) in [4.78, 5) is 0. The first kappa shape index (κ1) is 7.99. The fourth-order valence-electron chi connectivity index (χ4n) is 1.55. The lowest BCUT2D eigenvalue weighted by Gasteiger charge is -2.28. The minimum atomic E-state index is -0.728. The average molecular weight is 146 g/mol. The highest BCUT2D eigenvalue weighted by atomic mass is 19.1. The molecule has 3 unspecified atom stereocenters. The molecule has 1 fully saturated rings. The van der Waals surface area contributed by atoms with Crippen LogP contribution < -0.4 is 0 Å². The lowest BCUT2D eigenvalue weighted by molar-refractivity contribution is -0.00664. The summed E-state index contributed by atoms with van der Waals surface area (Å²) in [6.45, 7) is 2.10. The molecule has 60 valence electrons. The van der Waals surface area contributed by atoms with E-state index in [9.17, 15) is 4.39 Å². The highest BCUT2D eigenvalue weighted by molar-refractivity contribution is 4.78. The van der Waals surface area contributed by atoms with Crippen molar-refractivity contribution in [3.63, 3.8) is 0 Å². The van der Waals surface area contributed by atoms with Crippen LogP contribution in [0.1, 0.15) is 26.2 Å². The molecule has 1 aliphatic carbocycles. The van der Waals surface area contributed by atoms with Crippen molar-refractivity contribution < 1.29 is 9.13 Å². The summed E-state index contributed by atoms with van der Waals surface area (Å²) in [5, 5.41) is 0. The number of alkyl halides is 1. The minimum absolute atomic E-state index is 0.129. The Morgan fingerprint density at radius 3 is 2.60 bits per heavy atom. The van der Waals surface area contributed by atoms with Crippen LogP contribution in [-0.4, -0.2) is 19.4 Å². The first-order valence-electron chi connectivity index (χ1n) is 3.91. The van der Waals surface area contributed by atoms with Crippen molar-refractivity contribution in [1.29, 1.82) is 0 Å². The number of rotatable bonds is 1. The Morgan fingerprint density at radius 2 is 2.10 bits per heavy atom. The van der Waals surface area contributed by atoms with Gasteiger partial charge in [-0.15, -0.1) is 0 Å². The van der Waals surface area contributed by atoms with Crippen LogP contribution >= 0.6 is 0 Å². The van der Waals surface area contributed by atoms with E-state index in [-0.39, 0.29) is 6.10 Å². The van der Waals surface area contributed by atoms with Gasteiger partial charge in [-0.05, 0) is 25.2 Å². The molecule has 0 aromatic carbocycles. The van der Waals surface area contributed by atoms with Gasteiger partial charge in [-0.3, -0.25) is 0 Å². The van der Waals surface area contributed by atoms with E-state index in [1.165, 1.54) is 0 Å². The van der Waals surface area contributed by atoms with E-state index in [4.69, 9.17) is 4.74 Å². The van der Waals surface area contributed by atoms with Crippen molar-refractivity contribution in [1.82, 2.24) is 0 Å². The van der Waals surface area contributed by atoms with Gasteiger partial charge in [-0.2, -0.15) is 0 Å². The van der Waals surface area contributed by atoms with Crippen molar-refractivity contribution in [3.05, 3.63) is 0 Å². The van der Waals surface area contributed by atoms with Gasteiger partial charge in [-0.1, -0.05) is 6.92 Å². The van der Waals surface area contributed by atoms with Crippen molar-refractivity contribution in [3.8, 4) is 0 Å². The van der Waals surface area contributed by atoms with Crippen LogP contribution in [-0.2, 0) is 4.74 Å². The van der Waals surface area contributed by atoms with Gasteiger partial charge in [0.05, 0.1) is 6.10 Å². The number of methoxy groups -OCH3 is 1. The lowest BCUT2D eigenvalue weighted by Crippen LogP contribution is -2.31. The van der Waals surface area contributed by atoms with Crippen molar-refractivity contribution in [2.45, 2.75) is 38.5 Å². The third kappa shape index (κ3) is 1.69. The number of hydrogen-bond acceptors (Lipinski definition) is 1. The van der Waals surface area contributed by atoms with Crippen LogP contribution in [0.3, 0.4) is 0 Å². The largest absolute Gasteiger partial charge is 0.378 e. The van der Waals surface area contributed by atoms with Crippen molar-refractivity contribution in [2.75, 3.05) is 7.11 Å². The van der Waals surface area contributed by atoms with Crippen molar-refractivity contribution in [2.24, 2.45) is 5.92 Å². The van der Waals surface area contributed by atoms with E-state index in [0.29, 0.717) is 12.3 Å². The number of ether oxygens (including phenoxy) is 1. The smallest absolute Gasteiger partial charge is 0.126 e. The summed E-state index contributed by atoms with van der Waals surface area (Å²) >= 11 is 0. The van der Waals surface area contributed by atoms with Gasteiger partial charge >= 0.3 is 0 Å². The number of halogens is 1. The molecular weight excluding hydrogens is 131 g/mol. The van der Waals surface area contributed by atoms with Gasteiger partial charge in [0.1, 0.15) is 6.17 Å². The molecular formula is C8H15FO. The molecule has 1 nitrogen and oxygen atoms in total. The van der Waals surface area contributed by atoms with Crippen LogP contribution in [0.5, 0.6) is 0 Å². The zero-order chi connectivity index (χ0) is 7.56. The third-order valence-electron chi connectivity index (χ3n) is 2.28. The standard InChI is InChI=1S/C8H15FO/c1-6-3-4-8(10-2)7(9)5-6/h6-8H,3-5H2,1-2H3. The third-order valence-corrected chi connectivity index (χ3v) is 2.28. The molecule has 0 amide bonds. The van der Waals surface area contributed by atoms with Crippen LogP contribution in [0, 0.1) is 5.92 Å². The quantitative estimate of drug-likeness (QED) is 0.550. The summed E-state index contributed by atoms with van der Waals surface area (Å²) in [6, 6.07) is 0. The summed E-state index contributed by atoms with van der Waals surface area (Å²) in [6.07, 6.45) is 1.82. The van der Waals surface area contributed by atoms with Crippen LogP contribution in [0.15, 0.2) is 0 Å². The Balaban J connectivity index is 2.36. The Morgan fingerprint density at radius 1 is 1.40 bits per heavy atom. The van der Waals surface area contributed by atoms with Crippen molar-refractivity contribution >= 4 is 0 Å². The van der Waals surface area contributed by atoms with Crippen LogP contribution in [0.25, 0.3) is 0 Å². The molecule has 0 heterocycles. The molecule has 2 heteroatoms. The average Bonchev–Trinajstić information content (AvgIpc) is 1.88. The Hall–Kier alpha value is -0.110. The Labute approximate surface area is 61.6 Å². The molecule has 0 spiro atoms. The zero-order valence-corrected chi connectivity index (χ0v) is 6.64. The Kier molecular flexibility index (Phi) is 2.66. The van der Waals surface area contributed by atoms with E-state index in [1.807, 2.05) is 0 Å². The maximum absolute atomic E-state index is 13.0. The van der Waals surface area contributed by atoms with Gasteiger partial charge < -0.3 is 4.74 Å². The highest BCUT2D eigenvalue weighted by Gasteiger charge is 2.27. The van der Waals surface area contributed by atoms with E-state index in [1.54, 1.807) is 7.11 Å². The van der Waals surface area contributed by atoms with Gasteiger partial charge in [-0.25, -0.2) is 4.39 Å². The zero-order valence-electron chi connectivity index (χ0n) is 6.64. The molecule has 0 bridgehead atoms. The maximum Gasteiger partial charge on any atom is 0.126 e. The summed E-state index contributed by atoms with van der Waals surface area (Å²) in [7, 11) is 1.59. The maximum atomic E-state index is 13.0. The molecule has 3 atom stereocenters. The van der Waals surface area contributed by atoms with E-state index >= 15 is 0 Å². The summed E-state index contributed by atoms with van der Waals surface area (Å²) in [5.74, 6) is 0.543. The topological polar surface area (TPSA) is 9.23 Å². The molecule has 10 heavy (non-hydrogen) atoms. The van der Waals surface area contributed by atoms with Gasteiger partial charge in [0.2, 0.25) is 0 Å². The SMILES string of the molecule is COC1CCC(C)CC1F. The summed E-state index contributed by atoms with van der Waals surface area (Å²) in [5.41, 5.74) is 0.